The van der Waals surface area contributed by atoms with Crippen molar-refractivity contribution in [2.75, 3.05) is 7.11 Å². The summed E-state index contributed by atoms with van der Waals surface area (Å²) in [6.45, 7) is 0. The Morgan fingerprint density at radius 3 is 2.81 bits per heavy atom. The van der Waals surface area contributed by atoms with Gasteiger partial charge >= 0.3 is 12.1 Å². The van der Waals surface area contributed by atoms with Crippen LogP contribution in [0.25, 0.3) is 0 Å². The van der Waals surface area contributed by atoms with E-state index in [9.17, 15) is 9.59 Å². The van der Waals surface area contributed by atoms with Crippen LogP contribution in [0.2, 0.25) is 0 Å². The molecule has 1 aromatic heterocycles. The van der Waals surface area contributed by atoms with Crippen LogP contribution in [0.3, 0.4) is 0 Å². The van der Waals surface area contributed by atoms with Crippen LogP contribution in [0.15, 0.2) is 12.5 Å². The number of carboxylic acids is 1. The van der Waals surface area contributed by atoms with Crippen molar-refractivity contribution in [2.45, 2.75) is 12.5 Å². The number of imidazole rings is 1. The molecule has 16 heavy (non-hydrogen) atoms. The van der Waals surface area contributed by atoms with E-state index in [0.29, 0.717) is 5.69 Å². The number of carbonyl (C=O) groups excluding carboxylic acids is 1. The molecule has 0 aliphatic rings. The molecule has 1 heterocycles. The first-order valence-corrected chi connectivity index (χ1v) is 4.57. The van der Waals surface area contributed by atoms with Crippen molar-refractivity contribution in [3.63, 3.8) is 0 Å². The lowest BCUT2D eigenvalue weighted by atomic mass is 10.2. The zero-order valence-electron chi connectivity index (χ0n) is 9.01. The van der Waals surface area contributed by atoms with Crippen molar-refractivity contribution < 1.29 is 19.4 Å². The van der Waals surface area contributed by atoms with Crippen molar-refractivity contribution >= 4 is 12.1 Å². The van der Waals surface area contributed by atoms with E-state index >= 15 is 0 Å². The summed E-state index contributed by atoms with van der Waals surface area (Å²) >= 11 is 0. The number of hydrogen-bond acceptors (Lipinski definition) is 4. The molecule has 88 valence electrons. The summed E-state index contributed by atoms with van der Waals surface area (Å²) in [5.41, 5.74) is 0.589. The number of carboxylic acid groups (broad SMARTS) is 1. The zero-order chi connectivity index (χ0) is 12.1. The summed E-state index contributed by atoms with van der Waals surface area (Å²) < 4.78 is 6.04. The van der Waals surface area contributed by atoms with Crippen LogP contribution in [0.5, 0.6) is 0 Å². The van der Waals surface area contributed by atoms with Gasteiger partial charge in [-0.2, -0.15) is 0 Å². The smallest absolute Gasteiger partial charge is 0.407 e. The first-order valence-electron chi connectivity index (χ1n) is 4.57. The topological polar surface area (TPSA) is 93.5 Å². The summed E-state index contributed by atoms with van der Waals surface area (Å²) in [6.07, 6.45) is 2.59. The SMILES string of the molecule is COC(=O)N[C@@H](Cc1cn(C)cn1)C(=O)O. The maximum Gasteiger partial charge on any atom is 0.407 e. The van der Waals surface area contributed by atoms with Gasteiger partial charge in [0.25, 0.3) is 0 Å². The van der Waals surface area contributed by atoms with Gasteiger partial charge in [-0.05, 0) is 0 Å². The van der Waals surface area contributed by atoms with Crippen LogP contribution in [0.1, 0.15) is 5.69 Å². The molecule has 0 saturated heterocycles. The predicted molar refractivity (Wildman–Crippen MR) is 53.9 cm³/mol. The van der Waals surface area contributed by atoms with Gasteiger partial charge in [-0.25, -0.2) is 14.6 Å². The Morgan fingerprint density at radius 2 is 2.38 bits per heavy atom. The first kappa shape index (κ1) is 12.0. The fourth-order valence-corrected chi connectivity index (χ4v) is 1.18. The van der Waals surface area contributed by atoms with Gasteiger partial charge in [0.05, 0.1) is 19.1 Å². The summed E-state index contributed by atoms with van der Waals surface area (Å²) in [4.78, 5) is 25.7. The predicted octanol–water partition coefficient (Wildman–Crippen LogP) is -0.228. The van der Waals surface area contributed by atoms with Crippen LogP contribution in [0.4, 0.5) is 4.79 Å². The number of alkyl carbamates (subject to hydrolysis) is 1. The number of carbonyl (C=O) groups is 2. The second kappa shape index (κ2) is 5.15. The molecule has 7 heteroatoms. The Bertz CT molecular complexity index is 388. The summed E-state index contributed by atoms with van der Waals surface area (Å²) in [5.74, 6) is -1.13. The standard InChI is InChI=1S/C9H13N3O4/c1-12-4-6(10-5-12)3-7(8(13)14)11-9(15)16-2/h4-5,7H,3H2,1-2H3,(H,11,15)(H,13,14)/t7-/m0/s1. The van der Waals surface area contributed by atoms with Gasteiger partial charge < -0.3 is 19.7 Å². The lowest BCUT2D eigenvalue weighted by Crippen LogP contribution is -2.42. The lowest BCUT2D eigenvalue weighted by molar-refractivity contribution is -0.139. The number of rotatable bonds is 4. The monoisotopic (exact) mass is 227 g/mol. The first-order chi connectivity index (χ1) is 7.52. The summed E-state index contributed by atoms with van der Waals surface area (Å²) in [5, 5.41) is 11.1. The van der Waals surface area contributed by atoms with Crippen molar-refractivity contribution in [3.05, 3.63) is 18.2 Å². The van der Waals surface area contributed by atoms with E-state index < -0.39 is 18.1 Å². The Hall–Kier alpha value is -2.05. The third-order valence-corrected chi connectivity index (χ3v) is 1.95. The molecule has 0 unspecified atom stereocenters. The Balaban J connectivity index is 2.65. The number of hydrogen-bond donors (Lipinski definition) is 2. The van der Waals surface area contributed by atoms with E-state index in [1.54, 1.807) is 24.1 Å². The number of amides is 1. The molecule has 0 aliphatic carbocycles. The fourth-order valence-electron chi connectivity index (χ4n) is 1.18. The molecule has 0 radical (unpaired) electrons. The number of methoxy groups -OCH3 is 1. The van der Waals surface area contributed by atoms with Crippen LogP contribution in [-0.4, -0.2) is 39.9 Å². The number of nitrogens with one attached hydrogen (secondary N) is 1. The number of aryl methyl sites for hydroxylation is 1. The minimum atomic E-state index is -1.13. The van der Waals surface area contributed by atoms with E-state index in [2.05, 4.69) is 15.0 Å². The Labute approximate surface area is 92.0 Å². The maximum atomic E-state index is 10.9. The third kappa shape index (κ3) is 3.26. The van der Waals surface area contributed by atoms with Gasteiger partial charge in [0, 0.05) is 19.7 Å². The molecular formula is C9H13N3O4. The highest BCUT2D eigenvalue weighted by molar-refractivity contribution is 5.80. The van der Waals surface area contributed by atoms with Gasteiger partial charge in [0.15, 0.2) is 0 Å². The second-order valence-corrected chi connectivity index (χ2v) is 3.26. The van der Waals surface area contributed by atoms with Crippen LogP contribution in [-0.2, 0) is 23.0 Å². The van der Waals surface area contributed by atoms with Crippen LogP contribution >= 0.6 is 0 Å². The van der Waals surface area contributed by atoms with Crippen molar-refractivity contribution in [2.24, 2.45) is 7.05 Å². The molecule has 0 saturated carbocycles. The van der Waals surface area contributed by atoms with E-state index in [1.807, 2.05) is 0 Å². The van der Waals surface area contributed by atoms with E-state index in [1.165, 1.54) is 7.11 Å². The van der Waals surface area contributed by atoms with E-state index in [4.69, 9.17) is 5.11 Å². The molecule has 0 spiro atoms. The maximum absolute atomic E-state index is 10.9. The molecule has 0 bridgehead atoms. The molecule has 1 amide bonds. The van der Waals surface area contributed by atoms with Crippen LogP contribution < -0.4 is 5.32 Å². The normalized spacial score (nSPS) is 11.9. The zero-order valence-corrected chi connectivity index (χ0v) is 9.01. The number of aliphatic carboxylic acids is 1. The Morgan fingerprint density at radius 1 is 1.69 bits per heavy atom. The number of nitrogens with zero attached hydrogens (tertiary/aromatic N) is 2. The minimum Gasteiger partial charge on any atom is -0.480 e. The molecule has 1 rings (SSSR count). The lowest BCUT2D eigenvalue weighted by Gasteiger charge is -2.11. The van der Waals surface area contributed by atoms with Gasteiger partial charge in [-0.1, -0.05) is 0 Å². The van der Waals surface area contributed by atoms with Gasteiger partial charge in [0.2, 0.25) is 0 Å². The average Bonchev–Trinajstić information content (AvgIpc) is 2.62. The molecule has 1 atom stereocenters. The van der Waals surface area contributed by atoms with Crippen molar-refractivity contribution in [1.82, 2.24) is 14.9 Å². The number of ether oxygens (including phenoxy) is 1. The highest BCUT2D eigenvalue weighted by Crippen LogP contribution is 2.00. The number of aromatic nitrogens is 2. The van der Waals surface area contributed by atoms with E-state index in [-0.39, 0.29) is 6.42 Å². The second-order valence-electron chi connectivity index (χ2n) is 3.26. The average molecular weight is 227 g/mol. The van der Waals surface area contributed by atoms with Gasteiger partial charge in [0.1, 0.15) is 6.04 Å². The molecule has 1 aromatic rings. The fraction of sp³-hybridized carbons (Fsp3) is 0.444. The molecule has 0 aromatic carbocycles. The minimum absolute atomic E-state index is 0.116. The van der Waals surface area contributed by atoms with Crippen LogP contribution in [0, 0.1) is 0 Å². The van der Waals surface area contributed by atoms with Gasteiger partial charge in [-0.15, -0.1) is 0 Å². The highest BCUT2D eigenvalue weighted by atomic mass is 16.5. The molecule has 7 nitrogen and oxygen atoms in total. The summed E-state index contributed by atoms with van der Waals surface area (Å²) in [6, 6.07) is -1.04. The highest BCUT2D eigenvalue weighted by Gasteiger charge is 2.21. The molecular weight excluding hydrogens is 214 g/mol. The molecule has 2 N–H and O–H groups in total. The van der Waals surface area contributed by atoms with Crippen molar-refractivity contribution in [1.29, 1.82) is 0 Å². The van der Waals surface area contributed by atoms with Gasteiger partial charge in [-0.3, -0.25) is 0 Å². The third-order valence-electron chi connectivity index (χ3n) is 1.95. The van der Waals surface area contributed by atoms with E-state index in [0.717, 1.165) is 0 Å². The molecule has 0 aliphatic heterocycles. The Kier molecular flexibility index (Phi) is 3.87. The summed E-state index contributed by atoms with van der Waals surface area (Å²) in [7, 11) is 2.95. The largest absolute Gasteiger partial charge is 0.480 e. The quantitative estimate of drug-likeness (QED) is 0.741. The molecule has 0 fully saturated rings. The van der Waals surface area contributed by atoms with Crippen molar-refractivity contribution in [3.8, 4) is 0 Å².